The zero-order valence-corrected chi connectivity index (χ0v) is 11.3. The molecule has 1 aromatic rings. The summed E-state index contributed by atoms with van der Waals surface area (Å²) in [7, 11) is 1.53. The van der Waals surface area contributed by atoms with Gasteiger partial charge in [-0.3, -0.25) is 4.79 Å². The molecular formula is C14H21N3O2. The van der Waals surface area contributed by atoms with Crippen LogP contribution in [0.5, 0.6) is 0 Å². The van der Waals surface area contributed by atoms with Gasteiger partial charge in [-0.25, -0.2) is 0 Å². The predicted molar refractivity (Wildman–Crippen MR) is 76.4 cm³/mol. The number of para-hydroxylation sites is 2. The first-order valence-electron chi connectivity index (χ1n) is 6.61. The third-order valence-electron chi connectivity index (χ3n) is 3.29. The zero-order valence-electron chi connectivity index (χ0n) is 11.3. The number of amides is 1. The van der Waals surface area contributed by atoms with E-state index in [1.54, 1.807) is 0 Å². The van der Waals surface area contributed by atoms with Crippen molar-refractivity contribution in [3.05, 3.63) is 24.3 Å². The highest BCUT2D eigenvalue weighted by Crippen LogP contribution is 2.28. The van der Waals surface area contributed by atoms with Gasteiger partial charge in [0.15, 0.2) is 0 Å². The van der Waals surface area contributed by atoms with Gasteiger partial charge in [0, 0.05) is 20.2 Å². The zero-order chi connectivity index (χ0) is 13.7. The Bertz CT molecular complexity index is 430. The van der Waals surface area contributed by atoms with Crippen molar-refractivity contribution in [2.45, 2.75) is 18.9 Å². The lowest BCUT2D eigenvalue weighted by Gasteiger charge is -2.22. The van der Waals surface area contributed by atoms with Crippen molar-refractivity contribution in [2.24, 2.45) is 5.73 Å². The number of carbonyl (C=O) groups excluding carboxylic acids is 1. The van der Waals surface area contributed by atoms with Gasteiger partial charge in [-0.1, -0.05) is 12.1 Å². The highest BCUT2D eigenvalue weighted by molar-refractivity contribution is 5.97. The standard InChI is InChI=1S/C14H21N3O2/c1-19-10-11(15)14(18)16-12-6-2-3-7-13(12)17-8-4-5-9-17/h2-3,6-7,11H,4-5,8-10,15H2,1H3,(H,16,18). The van der Waals surface area contributed by atoms with E-state index in [-0.39, 0.29) is 12.5 Å². The highest BCUT2D eigenvalue weighted by atomic mass is 16.5. The SMILES string of the molecule is COCC(N)C(=O)Nc1ccccc1N1CCCC1. The summed E-state index contributed by atoms with van der Waals surface area (Å²) in [4.78, 5) is 14.2. The minimum Gasteiger partial charge on any atom is -0.383 e. The average Bonchev–Trinajstić information content (AvgIpc) is 2.93. The van der Waals surface area contributed by atoms with Crippen LogP contribution in [-0.4, -0.2) is 38.8 Å². The smallest absolute Gasteiger partial charge is 0.243 e. The Balaban J connectivity index is 2.09. The number of benzene rings is 1. The third kappa shape index (κ3) is 3.45. The first-order chi connectivity index (χ1) is 9.22. The Kier molecular flexibility index (Phi) is 4.76. The van der Waals surface area contributed by atoms with E-state index in [9.17, 15) is 4.79 Å². The third-order valence-corrected chi connectivity index (χ3v) is 3.29. The normalized spacial score (nSPS) is 16.4. The molecule has 1 aliphatic heterocycles. The van der Waals surface area contributed by atoms with Crippen LogP contribution >= 0.6 is 0 Å². The molecule has 1 aromatic carbocycles. The van der Waals surface area contributed by atoms with Gasteiger partial charge in [0.25, 0.3) is 0 Å². The molecule has 1 aliphatic rings. The summed E-state index contributed by atoms with van der Waals surface area (Å²) in [5, 5.41) is 2.89. The molecule has 19 heavy (non-hydrogen) atoms. The van der Waals surface area contributed by atoms with Gasteiger partial charge >= 0.3 is 0 Å². The van der Waals surface area contributed by atoms with E-state index in [0.717, 1.165) is 24.5 Å². The lowest BCUT2D eigenvalue weighted by Crippen LogP contribution is -2.39. The van der Waals surface area contributed by atoms with E-state index in [1.165, 1.54) is 20.0 Å². The van der Waals surface area contributed by atoms with Crippen molar-refractivity contribution in [1.82, 2.24) is 0 Å². The van der Waals surface area contributed by atoms with Crippen LogP contribution in [-0.2, 0) is 9.53 Å². The van der Waals surface area contributed by atoms with Crippen LogP contribution in [0, 0.1) is 0 Å². The fraction of sp³-hybridized carbons (Fsp3) is 0.500. The van der Waals surface area contributed by atoms with Gasteiger partial charge in [0.05, 0.1) is 18.0 Å². The van der Waals surface area contributed by atoms with Crippen LogP contribution < -0.4 is 16.0 Å². The number of carbonyl (C=O) groups is 1. The number of methoxy groups -OCH3 is 1. The number of ether oxygens (including phenoxy) is 1. The molecule has 0 spiro atoms. The van der Waals surface area contributed by atoms with E-state index in [4.69, 9.17) is 10.5 Å². The molecular weight excluding hydrogens is 242 g/mol. The fourth-order valence-electron chi connectivity index (χ4n) is 2.29. The molecule has 1 atom stereocenters. The van der Waals surface area contributed by atoms with Gasteiger partial charge in [-0.05, 0) is 25.0 Å². The van der Waals surface area contributed by atoms with Crippen LogP contribution in [0.4, 0.5) is 11.4 Å². The van der Waals surface area contributed by atoms with Crippen molar-refractivity contribution in [1.29, 1.82) is 0 Å². The van der Waals surface area contributed by atoms with E-state index in [0.29, 0.717) is 0 Å². The Hall–Kier alpha value is -1.59. The van der Waals surface area contributed by atoms with Gasteiger partial charge < -0.3 is 20.7 Å². The first-order valence-corrected chi connectivity index (χ1v) is 6.61. The fourth-order valence-corrected chi connectivity index (χ4v) is 2.29. The maximum absolute atomic E-state index is 11.9. The average molecular weight is 263 g/mol. The molecule has 1 unspecified atom stereocenters. The minimum absolute atomic E-state index is 0.214. The van der Waals surface area contributed by atoms with E-state index in [1.807, 2.05) is 24.3 Å². The number of anilines is 2. The van der Waals surface area contributed by atoms with Crippen LogP contribution in [0.1, 0.15) is 12.8 Å². The van der Waals surface area contributed by atoms with Crippen molar-refractivity contribution in [3.8, 4) is 0 Å². The molecule has 0 aliphatic carbocycles. The maximum Gasteiger partial charge on any atom is 0.243 e. The van der Waals surface area contributed by atoms with Crippen LogP contribution in [0.3, 0.4) is 0 Å². The monoisotopic (exact) mass is 263 g/mol. The van der Waals surface area contributed by atoms with E-state index >= 15 is 0 Å². The number of rotatable bonds is 5. The molecule has 0 bridgehead atoms. The number of nitrogens with one attached hydrogen (secondary N) is 1. The largest absolute Gasteiger partial charge is 0.383 e. The second-order valence-electron chi connectivity index (χ2n) is 4.76. The summed E-state index contributed by atoms with van der Waals surface area (Å²) >= 11 is 0. The lowest BCUT2D eigenvalue weighted by molar-refractivity contribution is -0.118. The number of nitrogens with zero attached hydrogens (tertiary/aromatic N) is 1. The molecule has 1 amide bonds. The molecule has 1 saturated heterocycles. The Labute approximate surface area is 113 Å². The van der Waals surface area contributed by atoms with Crippen LogP contribution in [0.2, 0.25) is 0 Å². The Morgan fingerprint density at radius 1 is 1.42 bits per heavy atom. The molecule has 1 fully saturated rings. The number of hydrogen-bond acceptors (Lipinski definition) is 4. The molecule has 2 rings (SSSR count). The quantitative estimate of drug-likeness (QED) is 0.837. The second kappa shape index (κ2) is 6.54. The summed E-state index contributed by atoms with van der Waals surface area (Å²) in [6.07, 6.45) is 2.40. The van der Waals surface area contributed by atoms with Crippen molar-refractivity contribution >= 4 is 17.3 Å². The summed E-state index contributed by atoms with van der Waals surface area (Å²) in [5.74, 6) is -0.214. The van der Waals surface area contributed by atoms with Gasteiger partial charge in [0.1, 0.15) is 6.04 Å². The summed E-state index contributed by atoms with van der Waals surface area (Å²) in [5.41, 5.74) is 7.62. The van der Waals surface area contributed by atoms with Crippen molar-refractivity contribution < 1.29 is 9.53 Å². The minimum atomic E-state index is -0.642. The second-order valence-corrected chi connectivity index (χ2v) is 4.76. The number of nitrogens with two attached hydrogens (primary N) is 1. The van der Waals surface area contributed by atoms with E-state index in [2.05, 4.69) is 10.2 Å². The summed E-state index contributed by atoms with van der Waals surface area (Å²) in [6, 6.07) is 7.19. The van der Waals surface area contributed by atoms with Gasteiger partial charge in [0.2, 0.25) is 5.91 Å². The molecule has 1 heterocycles. The van der Waals surface area contributed by atoms with Crippen LogP contribution in [0.15, 0.2) is 24.3 Å². The highest BCUT2D eigenvalue weighted by Gasteiger charge is 2.18. The number of hydrogen-bond donors (Lipinski definition) is 2. The van der Waals surface area contributed by atoms with Gasteiger partial charge in [-0.2, -0.15) is 0 Å². The molecule has 0 saturated carbocycles. The molecule has 5 heteroatoms. The van der Waals surface area contributed by atoms with E-state index < -0.39 is 6.04 Å². The van der Waals surface area contributed by atoms with Crippen molar-refractivity contribution in [2.75, 3.05) is 37.0 Å². The van der Waals surface area contributed by atoms with Crippen molar-refractivity contribution in [3.63, 3.8) is 0 Å². The lowest BCUT2D eigenvalue weighted by atomic mass is 10.2. The molecule has 104 valence electrons. The molecule has 0 radical (unpaired) electrons. The van der Waals surface area contributed by atoms with Gasteiger partial charge in [-0.15, -0.1) is 0 Å². The predicted octanol–water partition coefficient (Wildman–Crippen LogP) is 1.20. The Morgan fingerprint density at radius 2 is 2.11 bits per heavy atom. The Morgan fingerprint density at radius 3 is 2.79 bits per heavy atom. The van der Waals surface area contributed by atoms with Crippen LogP contribution in [0.25, 0.3) is 0 Å². The molecule has 5 nitrogen and oxygen atoms in total. The molecule has 3 N–H and O–H groups in total. The topological polar surface area (TPSA) is 67.6 Å². The maximum atomic E-state index is 11.9. The summed E-state index contributed by atoms with van der Waals surface area (Å²) in [6.45, 7) is 2.30. The first kappa shape index (κ1) is 13.8. The molecule has 0 aromatic heterocycles. The summed E-state index contributed by atoms with van der Waals surface area (Å²) < 4.78 is 4.90.